The molecule has 138 valence electrons. The Morgan fingerprint density at radius 1 is 1.32 bits per heavy atom. The Hall–Kier alpha value is -1.50. The topological polar surface area (TPSA) is 58.4 Å². The van der Waals surface area contributed by atoms with E-state index in [2.05, 4.69) is 10.00 Å². The van der Waals surface area contributed by atoms with Crippen molar-refractivity contribution in [3.63, 3.8) is 0 Å². The Morgan fingerprint density at radius 2 is 2.12 bits per heavy atom. The minimum Gasteiger partial charge on any atom is -0.481 e. The Bertz CT molecular complexity index is 648. The van der Waals surface area contributed by atoms with Crippen LogP contribution in [0.25, 0.3) is 0 Å². The molecule has 0 radical (unpaired) electrons. The molecule has 0 bridgehead atoms. The van der Waals surface area contributed by atoms with Gasteiger partial charge in [0.25, 0.3) is 5.92 Å². The number of piperidine rings is 1. The van der Waals surface area contributed by atoms with E-state index >= 15 is 0 Å². The molecule has 4 rings (SSSR count). The van der Waals surface area contributed by atoms with Crippen LogP contribution < -0.4 is 0 Å². The molecule has 1 aliphatic heterocycles. The zero-order valence-corrected chi connectivity index (χ0v) is 14.3. The molecule has 7 heteroatoms. The first-order chi connectivity index (χ1) is 11.9. The lowest BCUT2D eigenvalue weighted by atomic mass is 9.70. The molecule has 0 aromatic carbocycles. The van der Waals surface area contributed by atoms with Gasteiger partial charge in [-0.2, -0.15) is 5.10 Å². The summed E-state index contributed by atoms with van der Waals surface area (Å²) in [6.45, 7) is 2.61. The van der Waals surface area contributed by atoms with Crippen molar-refractivity contribution < 1.29 is 18.7 Å². The highest BCUT2D eigenvalue weighted by atomic mass is 19.3. The van der Waals surface area contributed by atoms with Gasteiger partial charge in [0, 0.05) is 32.1 Å². The van der Waals surface area contributed by atoms with Gasteiger partial charge in [0.15, 0.2) is 0 Å². The SMILES string of the molecule is O=C(O)CC1CCC2CN(Cc3ccnn3C3CC3(F)F)CCC2C1. The lowest BCUT2D eigenvalue weighted by Crippen LogP contribution is -2.43. The molecule has 1 aromatic rings. The molecule has 4 atom stereocenters. The zero-order valence-electron chi connectivity index (χ0n) is 14.3. The minimum absolute atomic E-state index is 0.0999. The van der Waals surface area contributed by atoms with Gasteiger partial charge in [-0.1, -0.05) is 0 Å². The fourth-order valence-corrected chi connectivity index (χ4v) is 4.81. The highest BCUT2D eigenvalue weighted by Gasteiger charge is 2.59. The molecule has 1 aromatic heterocycles. The first-order valence-electron chi connectivity index (χ1n) is 9.27. The summed E-state index contributed by atoms with van der Waals surface area (Å²) in [5, 5.41) is 13.1. The number of halogens is 2. The van der Waals surface area contributed by atoms with E-state index in [9.17, 15) is 13.6 Å². The highest BCUT2D eigenvalue weighted by Crippen LogP contribution is 2.52. The number of carbonyl (C=O) groups is 1. The maximum absolute atomic E-state index is 13.4. The van der Waals surface area contributed by atoms with Crippen LogP contribution in [0.2, 0.25) is 0 Å². The number of fused-ring (bicyclic) bond motifs is 1. The number of aliphatic carboxylic acids is 1. The monoisotopic (exact) mass is 353 g/mol. The zero-order chi connectivity index (χ0) is 17.6. The van der Waals surface area contributed by atoms with Gasteiger partial charge in [-0.15, -0.1) is 0 Å². The number of alkyl halides is 2. The van der Waals surface area contributed by atoms with Gasteiger partial charge in [-0.3, -0.25) is 14.4 Å². The second-order valence-corrected chi connectivity index (χ2v) is 8.07. The minimum atomic E-state index is -2.60. The Morgan fingerprint density at radius 3 is 2.84 bits per heavy atom. The Balaban J connectivity index is 1.34. The van der Waals surface area contributed by atoms with Crippen LogP contribution in [0.5, 0.6) is 0 Å². The third-order valence-electron chi connectivity index (χ3n) is 6.25. The maximum atomic E-state index is 13.4. The van der Waals surface area contributed by atoms with Crippen LogP contribution in [-0.4, -0.2) is 44.8 Å². The number of carboxylic acids is 1. The standard InChI is InChI=1S/C18H25F2N3O2/c19-18(20)9-16(18)23-15(3-5-21-23)11-22-6-4-13-7-12(8-17(24)25)1-2-14(13)10-22/h3,5,12-14,16H,1-2,4,6-11H2,(H,24,25). The summed E-state index contributed by atoms with van der Waals surface area (Å²) in [6.07, 6.45) is 5.99. The molecule has 25 heavy (non-hydrogen) atoms. The molecule has 5 nitrogen and oxygen atoms in total. The summed E-state index contributed by atoms with van der Waals surface area (Å²) in [7, 11) is 0. The molecule has 3 aliphatic rings. The summed E-state index contributed by atoms with van der Waals surface area (Å²) >= 11 is 0. The van der Waals surface area contributed by atoms with Gasteiger partial charge in [0.1, 0.15) is 6.04 Å². The normalized spacial score (nSPS) is 34.5. The summed E-state index contributed by atoms with van der Waals surface area (Å²) in [4.78, 5) is 13.3. The first kappa shape index (κ1) is 16.9. The second-order valence-electron chi connectivity index (χ2n) is 8.07. The number of hydrogen-bond acceptors (Lipinski definition) is 3. The number of nitrogens with zero attached hydrogens (tertiary/aromatic N) is 3. The van der Waals surface area contributed by atoms with Crippen LogP contribution >= 0.6 is 0 Å². The van der Waals surface area contributed by atoms with E-state index < -0.39 is 17.9 Å². The summed E-state index contributed by atoms with van der Waals surface area (Å²) in [5.74, 6) is -1.74. The molecule has 2 aliphatic carbocycles. The van der Waals surface area contributed by atoms with Gasteiger partial charge in [-0.25, -0.2) is 8.78 Å². The fourth-order valence-electron chi connectivity index (χ4n) is 4.81. The number of likely N-dealkylation sites (tertiary alicyclic amines) is 1. The van der Waals surface area contributed by atoms with Crippen molar-refractivity contribution in [3.8, 4) is 0 Å². The third-order valence-corrected chi connectivity index (χ3v) is 6.25. The van der Waals surface area contributed by atoms with Crippen LogP contribution in [-0.2, 0) is 11.3 Å². The van der Waals surface area contributed by atoms with Crippen LogP contribution in [0, 0.1) is 17.8 Å². The molecule has 2 heterocycles. The van der Waals surface area contributed by atoms with E-state index in [1.165, 1.54) is 4.68 Å². The number of carboxylic acid groups (broad SMARTS) is 1. The summed E-state index contributed by atoms with van der Waals surface area (Å²) < 4.78 is 28.2. The van der Waals surface area contributed by atoms with Crippen LogP contribution in [0.15, 0.2) is 12.3 Å². The maximum Gasteiger partial charge on any atom is 0.303 e. The van der Waals surface area contributed by atoms with Gasteiger partial charge in [0.2, 0.25) is 0 Å². The van der Waals surface area contributed by atoms with Gasteiger partial charge >= 0.3 is 5.97 Å². The van der Waals surface area contributed by atoms with Crippen molar-refractivity contribution >= 4 is 5.97 Å². The molecular weight excluding hydrogens is 328 g/mol. The van der Waals surface area contributed by atoms with E-state index in [4.69, 9.17) is 5.11 Å². The van der Waals surface area contributed by atoms with Crippen molar-refractivity contribution in [2.24, 2.45) is 17.8 Å². The molecule has 0 spiro atoms. The molecule has 1 N–H and O–H groups in total. The highest BCUT2D eigenvalue weighted by molar-refractivity contribution is 5.67. The van der Waals surface area contributed by atoms with Crippen LogP contribution in [0.3, 0.4) is 0 Å². The molecular formula is C18H25F2N3O2. The quantitative estimate of drug-likeness (QED) is 0.883. The molecule has 0 amide bonds. The Kier molecular flexibility index (Phi) is 4.30. The van der Waals surface area contributed by atoms with Crippen molar-refractivity contribution in [2.75, 3.05) is 13.1 Å². The predicted octanol–water partition coefficient (Wildman–Crippen LogP) is 3.18. The lowest BCUT2D eigenvalue weighted by molar-refractivity contribution is -0.138. The number of rotatable bonds is 5. The van der Waals surface area contributed by atoms with Crippen molar-refractivity contribution in [2.45, 2.75) is 57.0 Å². The average molecular weight is 353 g/mol. The number of aromatic nitrogens is 2. The predicted molar refractivity (Wildman–Crippen MR) is 87.3 cm³/mol. The van der Waals surface area contributed by atoms with E-state index in [-0.39, 0.29) is 6.42 Å². The lowest BCUT2D eigenvalue weighted by Gasteiger charge is -2.43. The fraction of sp³-hybridized carbons (Fsp3) is 0.778. The first-order valence-corrected chi connectivity index (χ1v) is 9.27. The van der Waals surface area contributed by atoms with Crippen molar-refractivity contribution in [1.29, 1.82) is 0 Å². The van der Waals surface area contributed by atoms with E-state index in [0.717, 1.165) is 44.5 Å². The van der Waals surface area contributed by atoms with E-state index in [0.29, 0.717) is 30.7 Å². The molecule has 3 fully saturated rings. The smallest absolute Gasteiger partial charge is 0.303 e. The Labute approximate surface area is 146 Å². The van der Waals surface area contributed by atoms with Gasteiger partial charge < -0.3 is 5.11 Å². The largest absolute Gasteiger partial charge is 0.481 e. The molecule has 1 saturated heterocycles. The summed E-state index contributed by atoms with van der Waals surface area (Å²) in [5.41, 5.74) is 0.875. The van der Waals surface area contributed by atoms with Crippen LogP contribution in [0.4, 0.5) is 8.78 Å². The van der Waals surface area contributed by atoms with Crippen LogP contribution in [0.1, 0.15) is 50.3 Å². The van der Waals surface area contributed by atoms with E-state index in [1.807, 2.05) is 6.07 Å². The molecule has 2 saturated carbocycles. The summed E-state index contributed by atoms with van der Waals surface area (Å²) in [6, 6.07) is 1.09. The third kappa shape index (κ3) is 3.57. The average Bonchev–Trinajstić information content (AvgIpc) is 2.97. The van der Waals surface area contributed by atoms with Gasteiger partial charge in [-0.05, 0) is 56.0 Å². The van der Waals surface area contributed by atoms with Gasteiger partial charge in [0.05, 0.1) is 5.69 Å². The second kappa shape index (κ2) is 6.34. The molecule has 4 unspecified atom stereocenters. The number of hydrogen-bond donors (Lipinski definition) is 1. The van der Waals surface area contributed by atoms with E-state index in [1.54, 1.807) is 6.20 Å². The van der Waals surface area contributed by atoms with Crippen molar-refractivity contribution in [1.82, 2.24) is 14.7 Å². The van der Waals surface area contributed by atoms with Crippen molar-refractivity contribution in [3.05, 3.63) is 18.0 Å².